The number of hydrogen-bond donors (Lipinski definition) is 0. The van der Waals surface area contributed by atoms with Gasteiger partial charge in [0, 0.05) is 62.1 Å². The van der Waals surface area contributed by atoms with E-state index in [-0.39, 0.29) is 18.3 Å². The van der Waals surface area contributed by atoms with Crippen molar-refractivity contribution < 1.29 is 8.78 Å². The zero-order valence-electron chi connectivity index (χ0n) is 33.4. The van der Waals surface area contributed by atoms with Crippen LogP contribution in [0.25, 0.3) is 22.3 Å². The molecular weight excluding hydrogens is 751 g/mol. The van der Waals surface area contributed by atoms with Crippen molar-refractivity contribution >= 4 is 74.3 Å². The predicted molar refractivity (Wildman–Crippen MR) is 251 cm³/mol. The highest BCUT2D eigenvalue weighted by Crippen LogP contribution is 2.49. The van der Waals surface area contributed by atoms with Gasteiger partial charge in [-0.05, 0) is 108 Å². The average Bonchev–Trinajstić information content (AvgIpc) is 3.30. The molecule has 11 rings (SSSR count). The molecule has 2 aliphatic heterocycles. The molecule has 2 heterocycles. The van der Waals surface area contributed by atoms with Crippen LogP contribution in [0.4, 0.5) is 60.0 Å². The smallest absolute Gasteiger partial charge is 0.252 e. The Bertz CT molecular complexity index is 3080. The van der Waals surface area contributed by atoms with Gasteiger partial charge in [0.1, 0.15) is 11.6 Å². The second-order valence-corrected chi connectivity index (χ2v) is 15.6. The van der Waals surface area contributed by atoms with E-state index in [0.29, 0.717) is 11.1 Å². The van der Waals surface area contributed by atoms with Crippen LogP contribution in [-0.2, 0) is 0 Å². The van der Waals surface area contributed by atoms with Crippen molar-refractivity contribution in [1.82, 2.24) is 0 Å². The first-order valence-electron chi connectivity index (χ1n) is 20.6. The zero-order chi connectivity index (χ0) is 41.0. The zero-order valence-corrected chi connectivity index (χ0v) is 33.4. The van der Waals surface area contributed by atoms with Gasteiger partial charge >= 0.3 is 0 Å². The highest BCUT2D eigenvalue weighted by molar-refractivity contribution is 7.00. The van der Waals surface area contributed by atoms with Gasteiger partial charge in [0.25, 0.3) is 6.71 Å². The molecule has 0 atom stereocenters. The van der Waals surface area contributed by atoms with Crippen molar-refractivity contribution in [2.45, 2.75) is 6.92 Å². The fraction of sp³-hybridized carbons (Fsp3) is 0.0182. The van der Waals surface area contributed by atoms with Crippen LogP contribution in [0.15, 0.2) is 212 Å². The highest BCUT2D eigenvalue weighted by atomic mass is 19.1. The average molecular weight is 790 g/mol. The second kappa shape index (κ2) is 14.8. The number of halogens is 2. The molecule has 0 N–H and O–H groups in total. The SMILES string of the molecule is Cc1cc2c3c(c1)N(c1ccccc1-c1ccccc1F)c1cc(N(c4ccccc4)c4ccccc4)ccc1B3c1ccccc1N2c1ccccc1-c1ccccc1F. The Morgan fingerprint density at radius 3 is 1.33 bits per heavy atom. The summed E-state index contributed by atoms with van der Waals surface area (Å²) in [7, 11) is 0. The van der Waals surface area contributed by atoms with E-state index in [1.807, 2.05) is 72.8 Å². The van der Waals surface area contributed by atoms with Crippen molar-refractivity contribution in [3.05, 3.63) is 230 Å². The predicted octanol–water partition coefficient (Wildman–Crippen LogP) is 13.2. The quantitative estimate of drug-likeness (QED) is 0.149. The van der Waals surface area contributed by atoms with E-state index < -0.39 is 0 Å². The maximum absolute atomic E-state index is 16.0. The molecule has 0 fully saturated rings. The van der Waals surface area contributed by atoms with Gasteiger partial charge in [-0.15, -0.1) is 0 Å². The van der Waals surface area contributed by atoms with Gasteiger partial charge in [-0.25, -0.2) is 8.78 Å². The van der Waals surface area contributed by atoms with E-state index in [1.165, 1.54) is 12.1 Å². The summed E-state index contributed by atoms with van der Waals surface area (Å²) in [4.78, 5) is 6.94. The van der Waals surface area contributed by atoms with Crippen LogP contribution in [0.2, 0.25) is 0 Å². The Morgan fingerprint density at radius 2 is 0.787 bits per heavy atom. The van der Waals surface area contributed by atoms with Crippen LogP contribution in [0, 0.1) is 18.6 Å². The standard InChI is InChI=1S/C55H38BF2N3/c1-37-34-53-55-54(35-37)61(50-30-16-11-25-44(50)42-23-9-14-28-48(42)58)52-36-40(59(38-18-4-2-5-19-38)39-20-6-3-7-21-39)32-33-46(52)56(55)45-26-12-17-31-51(45)60(53)49-29-15-10-24-43(49)41-22-8-13-27-47(41)57/h2-36H,1H3. The fourth-order valence-electron chi connectivity index (χ4n) is 9.48. The molecule has 0 amide bonds. The van der Waals surface area contributed by atoms with Gasteiger partial charge in [0.05, 0.1) is 11.4 Å². The normalized spacial score (nSPS) is 12.4. The molecule has 0 saturated carbocycles. The molecule has 0 aromatic heterocycles. The number of para-hydroxylation sites is 5. The summed E-state index contributed by atoms with van der Waals surface area (Å²) in [6.07, 6.45) is 0. The Hall–Kier alpha value is -7.70. The van der Waals surface area contributed by atoms with Crippen molar-refractivity contribution in [2.24, 2.45) is 0 Å². The van der Waals surface area contributed by atoms with Crippen LogP contribution in [0.1, 0.15) is 5.56 Å². The molecule has 9 aromatic rings. The first-order chi connectivity index (χ1) is 30.0. The first-order valence-corrected chi connectivity index (χ1v) is 20.6. The molecule has 0 saturated heterocycles. The molecule has 290 valence electrons. The van der Waals surface area contributed by atoms with Crippen LogP contribution >= 0.6 is 0 Å². The summed E-state index contributed by atoms with van der Waals surface area (Å²) < 4.78 is 31.7. The lowest BCUT2D eigenvalue weighted by Gasteiger charge is -2.45. The summed E-state index contributed by atoms with van der Waals surface area (Å²) in [6.45, 7) is 1.98. The Morgan fingerprint density at radius 1 is 0.361 bits per heavy atom. The minimum atomic E-state index is -0.283. The van der Waals surface area contributed by atoms with Gasteiger partial charge in [-0.1, -0.05) is 133 Å². The van der Waals surface area contributed by atoms with E-state index >= 15 is 8.78 Å². The molecule has 0 unspecified atom stereocenters. The number of anilines is 9. The molecule has 2 aliphatic rings. The van der Waals surface area contributed by atoms with Gasteiger partial charge in [-0.3, -0.25) is 0 Å². The van der Waals surface area contributed by atoms with Crippen LogP contribution in [-0.4, -0.2) is 6.71 Å². The molecule has 0 bridgehead atoms. The summed E-state index contributed by atoms with van der Waals surface area (Å²) in [5.74, 6) is -0.556. The van der Waals surface area contributed by atoms with E-state index in [9.17, 15) is 0 Å². The minimum absolute atomic E-state index is 0.151. The van der Waals surface area contributed by atoms with Crippen LogP contribution in [0.5, 0.6) is 0 Å². The van der Waals surface area contributed by atoms with Gasteiger partial charge in [0.2, 0.25) is 0 Å². The van der Waals surface area contributed by atoms with Gasteiger partial charge in [0.15, 0.2) is 0 Å². The summed E-state index contributed by atoms with van der Waals surface area (Å²) >= 11 is 0. The highest BCUT2D eigenvalue weighted by Gasteiger charge is 2.44. The van der Waals surface area contributed by atoms with Crippen molar-refractivity contribution in [3.8, 4) is 22.3 Å². The third kappa shape index (κ3) is 6.02. The maximum Gasteiger partial charge on any atom is 0.252 e. The topological polar surface area (TPSA) is 9.72 Å². The Kier molecular flexibility index (Phi) is 8.86. The van der Waals surface area contributed by atoms with Crippen LogP contribution in [0.3, 0.4) is 0 Å². The van der Waals surface area contributed by atoms with Gasteiger partial charge < -0.3 is 14.7 Å². The number of fused-ring (bicyclic) bond motifs is 4. The molecule has 61 heavy (non-hydrogen) atoms. The Balaban J connectivity index is 1.22. The summed E-state index contributed by atoms with van der Waals surface area (Å²) in [6, 6.07) is 71.0. The molecule has 0 radical (unpaired) electrons. The van der Waals surface area contributed by atoms with Crippen molar-refractivity contribution in [3.63, 3.8) is 0 Å². The van der Waals surface area contributed by atoms with Gasteiger partial charge in [-0.2, -0.15) is 0 Å². The number of hydrogen-bond acceptors (Lipinski definition) is 3. The second-order valence-electron chi connectivity index (χ2n) is 15.6. The van der Waals surface area contributed by atoms with E-state index in [4.69, 9.17) is 0 Å². The maximum atomic E-state index is 16.0. The Labute approximate surface area is 355 Å². The van der Waals surface area contributed by atoms with Crippen LogP contribution < -0.4 is 31.1 Å². The van der Waals surface area contributed by atoms with Crippen molar-refractivity contribution in [1.29, 1.82) is 0 Å². The van der Waals surface area contributed by atoms with E-state index in [1.54, 1.807) is 12.1 Å². The lowest BCUT2D eigenvalue weighted by molar-refractivity contribution is 0.631. The summed E-state index contributed by atoms with van der Waals surface area (Å²) in [5.41, 5.74) is 16.0. The molecule has 3 nitrogen and oxygen atoms in total. The van der Waals surface area contributed by atoms with E-state index in [0.717, 1.165) is 84.3 Å². The molecule has 6 heteroatoms. The van der Waals surface area contributed by atoms with E-state index in [2.05, 4.69) is 137 Å². The number of rotatable bonds is 7. The fourth-order valence-corrected chi connectivity index (χ4v) is 9.48. The number of aryl methyl sites for hydroxylation is 1. The summed E-state index contributed by atoms with van der Waals surface area (Å²) in [5, 5.41) is 0. The molecule has 9 aromatic carbocycles. The lowest BCUT2D eigenvalue weighted by Crippen LogP contribution is -2.61. The molecule has 0 spiro atoms. The molecule has 0 aliphatic carbocycles. The largest absolute Gasteiger partial charge is 0.311 e. The minimum Gasteiger partial charge on any atom is -0.311 e. The van der Waals surface area contributed by atoms with Crippen molar-refractivity contribution in [2.75, 3.05) is 14.7 Å². The third-order valence-electron chi connectivity index (χ3n) is 12.0. The third-order valence-corrected chi connectivity index (χ3v) is 12.0. The number of benzene rings is 9. The lowest BCUT2D eigenvalue weighted by atomic mass is 9.33. The molecular formula is C55H38BF2N3. The number of nitrogens with zero attached hydrogens (tertiary/aromatic N) is 3. The first kappa shape index (κ1) is 36.4. The monoisotopic (exact) mass is 789 g/mol.